The first-order chi connectivity index (χ1) is 15.4. The van der Waals surface area contributed by atoms with Crippen LogP contribution in [0.5, 0.6) is 11.5 Å². The molecule has 32 heavy (non-hydrogen) atoms. The molecule has 7 nitrogen and oxygen atoms in total. The lowest BCUT2D eigenvalue weighted by molar-refractivity contribution is -0.123. The second-order valence-electron chi connectivity index (χ2n) is 7.03. The monoisotopic (exact) mass is 449 g/mol. The van der Waals surface area contributed by atoms with Gasteiger partial charge in [-0.1, -0.05) is 35.9 Å². The van der Waals surface area contributed by atoms with Crippen LogP contribution in [-0.2, 0) is 11.3 Å². The molecule has 2 heterocycles. The van der Waals surface area contributed by atoms with Crippen molar-refractivity contribution in [3.05, 3.63) is 88.2 Å². The third kappa shape index (κ3) is 4.60. The maximum atomic E-state index is 12.8. The highest BCUT2D eigenvalue weighted by atomic mass is 32.2. The highest BCUT2D eigenvalue weighted by Gasteiger charge is 2.35. The third-order valence-electron chi connectivity index (χ3n) is 4.75. The molecule has 162 valence electrons. The van der Waals surface area contributed by atoms with E-state index in [-0.39, 0.29) is 29.2 Å². The Balaban J connectivity index is 1.51. The molecule has 0 bridgehead atoms. The maximum absolute atomic E-state index is 12.8. The fourth-order valence-corrected chi connectivity index (χ4v) is 3.91. The van der Waals surface area contributed by atoms with Gasteiger partial charge in [0.25, 0.3) is 11.1 Å². The number of hydrogen-bond acceptors (Lipinski definition) is 7. The molecule has 3 aromatic rings. The van der Waals surface area contributed by atoms with Crippen LogP contribution in [0.4, 0.5) is 4.79 Å². The summed E-state index contributed by atoms with van der Waals surface area (Å²) in [4.78, 5) is 38.8. The van der Waals surface area contributed by atoms with E-state index in [9.17, 15) is 14.4 Å². The summed E-state index contributed by atoms with van der Waals surface area (Å²) in [5, 5.41) is -0.321. The van der Waals surface area contributed by atoms with Gasteiger partial charge < -0.3 is 13.9 Å². The number of thioether (sulfide) groups is 1. The van der Waals surface area contributed by atoms with Gasteiger partial charge in [0.1, 0.15) is 0 Å². The van der Waals surface area contributed by atoms with Gasteiger partial charge in [-0.25, -0.2) is 4.79 Å². The molecule has 1 aliphatic heterocycles. The smallest absolute Gasteiger partial charge is 0.379 e. The number of nitrogens with zero attached hydrogens (tertiary/aromatic N) is 1. The van der Waals surface area contributed by atoms with Gasteiger partial charge in [-0.3, -0.25) is 14.5 Å². The Kier molecular flexibility index (Phi) is 6.13. The summed E-state index contributed by atoms with van der Waals surface area (Å²) >= 11 is 0.886. The lowest BCUT2D eigenvalue weighted by atomic mass is 10.1. The fraction of sp³-hybridized carbons (Fsp3) is 0.125. The third-order valence-corrected chi connectivity index (χ3v) is 5.65. The molecular weight excluding hydrogens is 430 g/mol. The Morgan fingerprint density at radius 2 is 1.88 bits per heavy atom. The zero-order valence-corrected chi connectivity index (χ0v) is 18.2. The molecule has 1 aliphatic rings. The minimum atomic E-state index is -0.654. The number of furan rings is 1. The lowest BCUT2D eigenvalue weighted by Crippen LogP contribution is -2.27. The van der Waals surface area contributed by atoms with Gasteiger partial charge in [0.2, 0.25) is 5.76 Å². The summed E-state index contributed by atoms with van der Waals surface area (Å²) in [5.41, 5.74) is 2.61. The van der Waals surface area contributed by atoms with Crippen molar-refractivity contribution >= 4 is 35.0 Å². The summed E-state index contributed by atoms with van der Waals surface area (Å²) in [5.74, 6) is -0.430. The van der Waals surface area contributed by atoms with Crippen LogP contribution < -0.4 is 9.47 Å². The van der Waals surface area contributed by atoms with Crippen LogP contribution in [0.25, 0.3) is 6.08 Å². The van der Waals surface area contributed by atoms with E-state index < -0.39 is 5.97 Å². The number of ether oxygens (including phenoxy) is 2. The number of methoxy groups -OCH3 is 1. The Hall–Kier alpha value is -3.78. The minimum absolute atomic E-state index is 0.0679. The Morgan fingerprint density at radius 1 is 1.09 bits per heavy atom. The molecule has 1 saturated heterocycles. The number of imide groups is 1. The molecule has 0 N–H and O–H groups in total. The SMILES string of the molecule is COc1cc(/C=C2\SC(=O)N(Cc3ccc(C)cc3)C2=O)ccc1OC(=O)c1ccco1. The van der Waals surface area contributed by atoms with Gasteiger partial charge in [-0.05, 0) is 60.2 Å². The zero-order valence-electron chi connectivity index (χ0n) is 17.4. The van der Waals surface area contributed by atoms with Crippen molar-refractivity contribution < 1.29 is 28.3 Å². The van der Waals surface area contributed by atoms with E-state index in [1.807, 2.05) is 31.2 Å². The molecule has 0 unspecified atom stereocenters. The summed E-state index contributed by atoms with van der Waals surface area (Å²) < 4.78 is 15.7. The molecule has 0 atom stereocenters. The van der Waals surface area contributed by atoms with E-state index in [0.29, 0.717) is 16.2 Å². The highest BCUT2D eigenvalue weighted by molar-refractivity contribution is 8.18. The maximum Gasteiger partial charge on any atom is 0.379 e. The van der Waals surface area contributed by atoms with E-state index >= 15 is 0 Å². The average Bonchev–Trinajstić information content (AvgIpc) is 3.41. The first-order valence-corrected chi connectivity index (χ1v) is 10.5. The van der Waals surface area contributed by atoms with E-state index in [2.05, 4.69) is 0 Å². The molecule has 4 rings (SSSR count). The van der Waals surface area contributed by atoms with Crippen molar-refractivity contribution in [3.8, 4) is 11.5 Å². The number of amides is 2. The standard InChI is InChI=1S/C24H19NO6S/c1-15-5-7-16(8-6-15)14-25-22(26)21(32-24(25)28)13-17-9-10-18(20(12-17)29-2)31-23(27)19-4-3-11-30-19/h3-13H,14H2,1-2H3/b21-13-. The van der Waals surface area contributed by atoms with E-state index in [4.69, 9.17) is 13.9 Å². The number of hydrogen-bond donors (Lipinski definition) is 0. The molecule has 0 aliphatic carbocycles. The largest absolute Gasteiger partial charge is 0.493 e. The highest BCUT2D eigenvalue weighted by Crippen LogP contribution is 2.35. The minimum Gasteiger partial charge on any atom is -0.493 e. The Labute approximate surface area is 188 Å². The van der Waals surface area contributed by atoms with Crippen molar-refractivity contribution in [3.63, 3.8) is 0 Å². The van der Waals surface area contributed by atoms with Gasteiger partial charge in [0.15, 0.2) is 11.5 Å². The van der Waals surface area contributed by atoms with E-state index in [1.54, 1.807) is 30.3 Å². The number of carbonyl (C=O) groups is 3. The summed E-state index contributed by atoms with van der Waals surface area (Å²) in [6, 6.07) is 15.6. The van der Waals surface area contributed by atoms with Gasteiger partial charge in [0, 0.05) is 0 Å². The van der Waals surface area contributed by atoms with Crippen molar-refractivity contribution in [2.24, 2.45) is 0 Å². The van der Waals surface area contributed by atoms with Gasteiger partial charge in [-0.2, -0.15) is 0 Å². The Morgan fingerprint density at radius 3 is 2.56 bits per heavy atom. The molecule has 0 radical (unpaired) electrons. The number of rotatable bonds is 6. The van der Waals surface area contributed by atoms with Crippen LogP contribution in [0.15, 0.2) is 70.2 Å². The summed E-state index contributed by atoms with van der Waals surface area (Å²) in [6.07, 6.45) is 2.99. The molecule has 2 aromatic carbocycles. The van der Waals surface area contributed by atoms with Crippen LogP contribution >= 0.6 is 11.8 Å². The zero-order chi connectivity index (χ0) is 22.7. The number of aryl methyl sites for hydroxylation is 1. The molecule has 8 heteroatoms. The average molecular weight is 449 g/mol. The van der Waals surface area contributed by atoms with E-state index in [1.165, 1.54) is 24.3 Å². The molecule has 0 saturated carbocycles. The van der Waals surface area contributed by atoms with Crippen molar-refractivity contribution in [2.75, 3.05) is 7.11 Å². The number of carbonyl (C=O) groups excluding carboxylic acids is 3. The summed E-state index contributed by atoms with van der Waals surface area (Å²) in [7, 11) is 1.44. The van der Waals surface area contributed by atoms with Crippen LogP contribution in [0.2, 0.25) is 0 Å². The predicted molar refractivity (Wildman–Crippen MR) is 119 cm³/mol. The van der Waals surface area contributed by atoms with Crippen LogP contribution in [0, 0.1) is 6.92 Å². The van der Waals surface area contributed by atoms with Gasteiger partial charge in [0.05, 0.1) is 24.8 Å². The van der Waals surface area contributed by atoms with Crippen LogP contribution in [0.3, 0.4) is 0 Å². The normalized spacial score (nSPS) is 14.8. The molecule has 1 aromatic heterocycles. The first-order valence-electron chi connectivity index (χ1n) is 9.69. The predicted octanol–water partition coefficient (Wildman–Crippen LogP) is 5.05. The summed E-state index contributed by atoms with van der Waals surface area (Å²) in [6.45, 7) is 2.19. The second kappa shape index (κ2) is 9.15. The number of benzene rings is 2. The molecule has 0 spiro atoms. The van der Waals surface area contributed by atoms with E-state index in [0.717, 1.165) is 22.9 Å². The second-order valence-corrected chi connectivity index (χ2v) is 8.02. The molecular formula is C24H19NO6S. The van der Waals surface area contributed by atoms with Gasteiger partial charge >= 0.3 is 5.97 Å². The molecule has 1 fully saturated rings. The van der Waals surface area contributed by atoms with Crippen LogP contribution in [-0.4, -0.2) is 29.1 Å². The van der Waals surface area contributed by atoms with Crippen molar-refractivity contribution in [2.45, 2.75) is 13.5 Å². The Bertz CT molecular complexity index is 1200. The van der Waals surface area contributed by atoms with Crippen molar-refractivity contribution in [1.29, 1.82) is 0 Å². The van der Waals surface area contributed by atoms with Crippen molar-refractivity contribution in [1.82, 2.24) is 4.90 Å². The molecule has 2 amide bonds. The first kappa shape index (κ1) is 21.5. The fourth-order valence-electron chi connectivity index (χ4n) is 3.07. The van der Waals surface area contributed by atoms with Crippen LogP contribution in [0.1, 0.15) is 27.2 Å². The van der Waals surface area contributed by atoms with Gasteiger partial charge in [-0.15, -0.1) is 0 Å². The topological polar surface area (TPSA) is 86.0 Å². The number of esters is 1. The lowest BCUT2D eigenvalue weighted by Gasteiger charge is -2.12. The quantitative estimate of drug-likeness (QED) is 0.296.